The molecule has 0 aromatic carbocycles. The smallest absolute Gasteiger partial charge is 0.0701 e. The summed E-state index contributed by atoms with van der Waals surface area (Å²) >= 11 is 0. The molecule has 2 N–H and O–H groups in total. The van der Waals surface area contributed by atoms with Crippen LogP contribution in [0.2, 0.25) is 0 Å². The largest absolute Gasteiger partial charge is 0.394 e. The molecular formula is C67H145N7O8. The number of aliphatic hydroxyl groups excluding tert-OH is 2. The van der Waals surface area contributed by atoms with E-state index in [9.17, 15) is 0 Å². The number of hydrogen-bond donors (Lipinski definition) is 2. The fourth-order valence-electron chi connectivity index (χ4n) is 10.1. The predicted octanol–water partition coefficient (Wildman–Crippen LogP) is 11.0. The summed E-state index contributed by atoms with van der Waals surface area (Å²) in [7, 11) is 2.19. The van der Waals surface area contributed by atoms with Crippen molar-refractivity contribution < 1.29 is 38.6 Å². The average molecular weight is 1180 g/mol. The highest BCUT2D eigenvalue weighted by Crippen LogP contribution is 2.17. The molecule has 0 aromatic heterocycles. The highest BCUT2D eigenvalue weighted by molar-refractivity contribution is 4.75. The molecule has 0 aliphatic carbocycles. The van der Waals surface area contributed by atoms with Crippen molar-refractivity contribution in [1.29, 1.82) is 0 Å². The molecule has 496 valence electrons. The van der Waals surface area contributed by atoms with Crippen molar-refractivity contribution in [3.63, 3.8) is 0 Å². The Morgan fingerprint density at radius 2 is 0.622 bits per heavy atom. The number of hydrogen-bond acceptors (Lipinski definition) is 15. The van der Waals surface area contributed by atoms with E-state index in [1.165, 1.54) is 201 Å². The van der Waals surface area contributed by atoms with Crippen molar-refractivity contribution in [2.24, 2.45) is 11.8 Å². The molecule has 0 spiro atoms. The number of nitrogens with zero attached hydrogens (tertiary/aromatic N) is 7. The maximum Gasteiger partial charge on any atom is 0.0701 e. The van der Waals surface area contributed by atoms with E-state index in [4.69, 9.17) is 38.6 Å². The SMILES string of the molecule is CC(C)O.CC(C)OCCCN1CCCCC1.CC(C)OCCCN1CCC[C@H](C)C1.CC(C)OCCCN1CCN(C(C)C)CC1.CC(C)OCCCN1CCN(C)CC1.CC(C)OCCO.CC1CCCN(CCCOC(C)C)C1. The van der Waals surface area contributed by atoms with E-state index in [0.717, 1.165) is 44.9 Å². The van der Waals surface area contributed by atoms with Crippen molar-refractivity contribution in [2.75, 3.05) is 178 Å². The fraction of sp³-hybridized carbons (Fsp3) is 1.00. The van der Waals surface area contributed by atoms with Crippen LogP contribution in [0, 0.1) is 11.8 Å². The molecule has 0 radical (unpaired) electrons. The summed E-state index contributed by atoms with van der Waals surface area (Å²) in [5.74, 6) is 1.80. The maximum absolute atomic E-state index is 8.19. The van der Waals surface area contributed by atoms with Gasteiger partial charge in [0.25, 0.3) is 0 Å². The van der Waals surface area contributed by atoms with Gasteiger partial charge >= 0.3 is 0 Å². The van der Waals surface area contributed by atoms with Gasteiger partial charge in [0, 0.05) is 143 Å². The first-order valence-electron chi connectivity index (χ1n) is 34.0. The van der Waals surface area contributed by atoms with Crippen molar-refractivity contribution in [3.8, 4) is 0 Å². The van der Waals surface area contributed by atoms with Gasteiger partial charge in [-0.05, 0) is 226 Å². The van der Waals surface area contributed by atoms with Gasteiger partial charge < -0.3 is 68.0 Å². The van der Waals surface area contributed by atoms with E-state index < -0.39 is 0 Å². The molecule has 0 amide bonds. The van der Waals surface area contributed by atoms with Gasteiger partial charge in [0.1, 0.15) is 0 Å². The third kappa shape index (κ3) is 59.7. The van der Waals surface area contributed by atoms with Gasteiger partial charge in [0.15, 0.2) is 0 Å². The molecule has 15 nitrogen and oxygen atoms in total. The van der Waals surface area contributed by atoms with Gasteiger partial charge in [-0.1, -0.05) is 20.3 Å². The number of piperazine rings is 2. The van der Waals surface area contributed by atoms with Crippen molar-refractivity contribution in [2.45, 2.75) is 250 Å². The van der Waals surface area contributed by atoms with Gasteiger partial charge in [-0.2, -0.15) is 0 Å². The molecule has 5 aliphatic heterocycles. The molecule has 5 saturated heterocycles. The zero-order chi connectivity index (χ0) is 61.9. The Bertz CT molecular complexity index is 1240. The van der Waals surface area contributed by atoms with Crippen LogP contribution in [0.4, 0.5) is 0 Å². The van der Waals surface area contributed by atoms with E-state index in [1.54, 1.807) is 13.8 Å². The molecule has 1 unspecified atom stereocenters. The van der Waals surface area contributed by atoms with Crippen LogP contribution in [0.25, 0.3) is 0 Å². The summed E-state index contributed by atoms with van der Waals surface area (Å²) in [5, 5.41) is 16.2. The lowest BCUT2D eigenvalue weighted by atomic mass is 10.0. The zero-order valence-electron chi connectivity index (χ0n) is 58.1. The van der Waals surface area contributed by atoms with Crippen LogP contribution in [0.15, 0.2) is 0 Å². The van der Waals surface area contributed by atoms with Gasteiger partial charge in [-0.3, -0.25) is 4.90 Å². The first kappa shape index (κ1) is 83.5. The van der Waals surface area contributed by atoms with E-state index >= 15 is 0 Å². The first-order chi connectivity index (χ1) is 38.9. The van der Waals surface area contributed by atoms with E-state index in [1.807, 2.05) is 13.8 Å². The topological polar surface area (TPSA) is 119 Å². The predicted molar refractivity (Wildman–Crippen MR) is 351 cm³/mol. The highest BCUT2D eigenvalue weighted by Gasteiger charge is 2.19. The van der Waals surface area contributed by atoms with Crippen molar-refractivity contribution in [3.05, 3.63) is 0 Å². The second-order valence-electron chi connectivity index (χ2n) is 26.2. The number of aliphatic hydroxyl groups is 2. The molecule has 0 saturated carbocycles. The molecule has 5 rings (SSSR count). The summed E-state index contributed by atoms with van der Waals surface area (Å²) in [5.41, 5.74) is 0. The summed E-state index contributed by atoms with van der Waals surface area (Å²) in [6.07, 6.45) is 17.7. The molecule has 2 atom stereocenters. The highest BCUT2D eigenvalue weighted by atomic mass is 16.5. The summed E-state index contributed by atoms with van der Waals surface area (Å²) < 4.78 is 32.6. The number of piperidine rings is 3. The molecule has 82 heavy (non-hydrogen) atoms. The zero-order valence-corrected chi connectivity index (χ0v) is 58.1. The van der Waals surface area contributed by atoms with Gasteiger partial charge in [0.2, 0.25) is 0 Å². The molecule has 15 heteroatoms. The molecule has 5 heterocycles. The molecular weight excluding hydrogens is 1030 g/mol. The Kier molecular flexibility index (Phi) is 57.9. The lowest BCUT2D eigenvalue weighted by molar-refractivity contribution is 0.0494. The Morgan fingerprint density at radius 1 is 0.354 bits per heavy atom. The maximum atomic E-state index is 8.19. The standard InChI is InChI=1S/C13H28N2O.2C12H25NO.C11H24N2O.C11H23NO.C5H12O2.C3H8O/c1-12(2)15-9-7-14(8-10-15)6-5-11-16-13(3)4;2*1-11(2)14-9-5-8-13-7-4-6-12(3)10-13;1-11(2)14-10-4-5-13-8-6-12(3)7-9-13;1-11(2)13-10-6-9-12-7-4-3-5-8-12;1-5(2)7-4-3-6;1-3(2)4/h12-13H,5-11H2,1-4H3;2*11-12H,4-10H2,1-3H3;11H,4-10H2,1-3H3;11H,3-10H2,1-2H3;5-6H,3-4H2,1-2H3;3-4H,1-2H3/t;12-;;;;;/m.0...../s1. The van der Waals surface area contributed by atoms with Crippen molar-refractivity contribution >= 4 is 0 Å². The summed E-state index contributed by atoms with van der Waals surface area (Å²) in [6, 6.07) is 0.700. The second kappa shape index (κ2) is 56.9. The van der Waals surface area contributed by atoms with Crippen LogP contribution < -0.4 is 0 Å². The monoisotopic (exact) mass is 1180 g/mol. The third-order valence-corrected chi connectivity index (χ3v) is 14.6. The van der Waals surface area contributed by atoms with Crippen LogP contribution in [-0.2, 0) is 28.4 Å². The van der Waals surface area contributed by atoms with E-state index in [-0.39, 0.29) is 18.8 Å². The van der Waals surface area contributed by atoms with Crippen LogP contribution in [0.3, 0.4) is 0 Å². The number of rotatable bonds is 29. The molecule has 0 aromatic rings. The first-order valence-corrected chi connectivity index (χ1v) is 34.0. The van der Waals surface area contributed by atoms with Gasteiger partial charge in [-0.25, -0.2) is 0 Å². The second-order valence-corrected chi connectivity index (χ2v) is 26.2. The molecule has 5 fully saturated rings. The van der Waals surface area contributed by atoms with Gasteiger partial charge in [0.05, 0.1) is 49.8 Å². The number of ether oxygens (including phenoxy) is 6. The van der Waals surface area contributed by atoms with E-state index in [0.29, 0.717) is 43.2 Å². The lowest BCUT2D eigenvalue weighted by Crippen LogP contribution is -2.49. The normalized spacial score (nSPS) is 20.2. The minimum Gasteiger partial charge on any atom is -0.394 e. The van der Waals surface area contributed by atoms with Gasteiger partial charge in [-0.15, -0.1) is 0 Å². The Morgan fingerprint density at radius 3 is 0.890 bits per heavy atom. The quantitative estimate of drug-likeness (QED) is 0.0691. The minimum absolute atomic E-state index is 0.123. The van der Waals surface area contributed by atoms with Crippen LogP contribution in [0.5, 0.6) is 0 Å². The Balaban J connectivity index is 0. The van der Waals surface area contributed by atoms with Crippen LogP contribution in [0.1, 0.15) is 202 Å². The Hall–Kier alpha value is -0.600. The summed E-state index contributed by atoms with van der Waals surface area (Å²) in [6.45, 7) is 66.4. The van der Waals surface area contributed by atoms with Crippen molar-refractivity contribution in [1.82, 2.24) is 34.3 Å². The minimum atomic E-state index is -0.167. The lowest BCUT2D eigenvalue weighted by Gasteiger charge is -2.36. The number of likely N-dealkylation sites (N-methyl/N-ethyl adjacent to an activating group) is 1. The van der Waals surface area contributed by atoms with Crippen LogP contribution >= 0.6 is 0 Å². The average Bonchev–Trinajstić information content (AvgIpc) is 3.41. The van der Waals surface area contributed by atoms with E-state index in [2.05, 4.69) is 138 Å². The molecule has 0 bridgehead atoms. The Labute approximate surface area is 510 Å². The fourth-order valence-corrected chi connectivity index (χ4v) is 10.1. The van der Waals surface area contributed by atoms with Crippen LogP contribution in [-0.4, -0.2) is 271 Å². The number of likely N-dealkylation sites (tertiary alicyclic amines) is 3. The summed E-state index contributed by atoms with van der Waals surface area (Å²) in [4.78, 5) is 17.8. The molecule has 5 aliphatic rings. The third-order valence-electron chi connectivity index (χ3n) is 14.6.